The van der Waals surface area contributed by atoms with E-state index in [1.165, 1.54) is 18.3 Å². The van der Waals surface area contributed by atoms with Gasteiger partial charge >= 0.3 is 0 Å². The standard InChI is InChI=1S/C18H10BrClF2N2O/c19-11-2-4-14(20)13(7-11)18(25)10-1-6-17(23-9-10)24-16-5-3-12(21)8-15(16)22/h1-9H,(H,23,24). The molecule has 2 aromatic carbocycles. The smallest absolute Gasteiger partial charge is 0.196 e. The number of benzene rings is 2. The van der Waals surface area contributed by atoms with E-state index in [0.29, 0.717) is 22.0 Å². The van der Waals surface area contributed by atoms with Gasteiger partial charge in [-0.3, -0.25) is 4.79 Å². The summed E-state index contributed by atoms with van der Waals surface area (Å²) in [5.41, 5.74) is 0.774. The normalized spacial score (nSPS) is 10.6. The first-order valence-corrected chi connectivity index (χ1v) is 8.29. The van der Waals surface area contributed by atoms with Crippen LogP contribution in [0.2, 0.25) is 5.02 Å². The van der Waals surface area contributed by atoms with E-state index in [-0.39, 0.29) is 11.5 Å². The van der Waals surface area contributed by atoms with E-state index in [0.717, 1.165) is 16.6 Å². The second kappa shape index (κ2) is 7.29. The third-order valence-electron chi connectivity index (χ3n) is 3.39. The van der Waals surface area contributed by atoms with Crippen molar-refractivity contribution in [1.82, 2.24) is 4.98 Å². The Balaban J connectivity index is 1.82. The van der Waals surface area contributed by atoms with Gasteiger partial charge in [0.25, 0.3) is 0 Å². The first-order valence-electron chi connectivity index (χ1n) is 7.12. The Morgan fingerprint density at radius 2 is 1.88 bits per heavy atom. The lowest BCUT2D eigenvalue weighted by Crippen LogP contribution is -2.04. The molecule has 1 aromatic heterocycles. The third kappa shape index (κ3) is 4.03. The summed E-state index contributed by atoms with van der Waals surface area (Å²) >= 11 is 9.36. The maximum Gasteiger partial charge on any atom is 0.196 e. The van der Waals surface area contributed by atoms with Crippen molar-refractivity contribution in [2.45, 2.75) is 0 Å². The fourth-order valence-corrected chi connectivity index (χ4v) is 2.72. The molecule has 3 nitrogen and oxygen atoms in total. The number of anilines is 2. The Hall–Kier alpha value is -2.31. The van der Waals surface area contributed by atoms with Gasteiger partial charge in [0, 0.05) is 27.9 Å². The molecule has 0 saturated carbocycles. The van der Waals surface area contributed by atoms with E-state index in [9.17, 15) is 13.6 Å². The van der Waals surface area contributed by atoms with Gasteiger partial charge in [-0.2, -0.15) is 0 Å². The van der Waals surface area contributed by atoms with Gasteiger partial charge < -0.3 is 5.32 Å². The number of nitrogens with zero attached hydrogens (tertiary/aromatic N) is 1. The average Bonchev–Trinajstić information content (AvgIpc) is 2.59. The van der Waals surface area contributed by atoms with E-state index >= 15 is 0 Å². The molecule has 3 rings (SSSR count). The number of hydrogen-bond acceptors (Lipinski definition) is 3. The van der Waals surface area contributed by atoms with E-state index in [1.54, 1.807) is 24.3 Å². The van der Waals surface area contributed by atoms with Crippen LogP contribution in [-0.2, 0) is 0 Å². The summed E-state index contributed by atoms with van der Waals surface area (Å²) in [5, 5.41) is 3.07. The van der Waals surface area contributed by atoms with Crippen LogP contribution in [-0.4, -0.2) is 10.8 Å². The third-order valence-corrected chi connectivity index (χ3v) is 4.22. The maximum absolute atomic E-state index is 13.6. The molecule has 0 unspecified atom stereocenters. The first-order chi connectivity index (χ1) is 11.9. The second-order valence-corrected chi connectivity index (χ2v) is 6.46. The molecular formula is C18H10BrClF2N2O. The van der Waals surface area contributed by atoms with E-state index < -0.39 is 11.6 Å². The summed E-state index contributed by atoms with van der Waals surface area (Å²) in [7, 11) is 0. The van der Waals surface area contributed by atoms with Gasteiger partial charge in [-0.1, -0.05) is 27.5 Å². The first kappa shape index (κ1) is 17.5. The molecule has 0 aliphatic carbocycles. The quantitative estimate of drug-likeness (QED) is 0.543. The number of rotatable bonds is 4. The predicted octanol–water partition coefficient (Wildman–Crippen LogP) is 5.75. The van der Waals surface area contributed by atoms with Crippen molar-refractivity contribution in [3.63, 3.8) is 0 Å². The van der Waals surface area contributed by atoms with Crippen LogP contribution in [0.15, 0.2) is 59.2 Å². The predicted molar refractivity (Wildman–Crippen MR) is 96.5 cm³/mol. The lowest BCUT2D eigenvalue weighted by Gasteiger charge is -2.08. The molecule has 0 aliphatic rings. The zero-order chi connectivity index (χ0) is 18.0. The van der Waals surface area contributed by atoms with Crippen molar-refractivity contribution >= 4 is 44.8 Å². The Morgan fingerprint density at radius 1 is 1.08 bits per heavy atom. The Kier molecular flexibility index (Phi) is 5.11. The van der Waals surface area contributed by atoms with Crippen molar-refractivity contribution < 1.29 is 13.6 Å². The fraction of sp³-hybridized carbons (Fsp3) is 0. The molecule has 0 fully saturated rings. The molecule has 0 saturated heterocycles. The van der Waals surface area contributed by atoms with Gasteiger partial charge in [0.1, 0.15) is 17.5 Å². The van der Waals surface area contributed by atoms with E-state index in [4.69, 9.17) is 11.6 Å². The van der Waals surface area contributed by atoms with Gasteiger partial charge in [0.2, 0.25) is 0 Å². The summed E-state index contributed by atoms with van der Waals surface area (Å²) < 4.78 is 27.3. The highest BCUT2D eigenvalue weighted by Crippen LogP contribution is 2.24. The summed E-state index contributed by atoms with van der Waals surface area (Å²) in [6.07, 6.45) is 1.36. The van der Waals surface area contributed by atoms with Crippen LogP contribution < -0.4 is 5.32 Å². The van der Waals surface area contributed by atoms with Gasteiger partial charge in [-0.15, -0.1) is 0 Å². The molecule has 0 spiro atoms. The largest absolute Gasteiger partial charge is 0.338 e. The van der Waals surface area contributed by atoms with Crippen LogP contribution in [0.3, 0.4) is 0 Å². The molecule has 7 heteroatoms. The highest BCUT2D eigenvalue weighted by atomic mass is 79.9. The molecule has 0 aliphatic heterocycles. The number of aromatic nitrogens is 1. The number of carbonyl (C=O) groups is 1. The number of nitrogens with one attached hydrogen (secondary N) is 1. The SMILES string of the molecule is O=C(c1ccc(Nc2ccc(F)cc2F)nc1)c1cc(Br)ccc1Cl. The molecule has 0 atom stereocenters. The molecule has 1 N–H and O–H groups in total. The summed E-state index contributed by atoms with van der Waals surface area (Å²) in [6, 6.07) is 11.3. The van der Waals surface area contributed by atoms with E-state index in [1.807, 2.05) is 0 Å². The monoisotopic (exact) mass is 422 g/mol. The number of hydrogen-bond donors (Lipinski definition) is 1. The second-order valence-electron chi connectivity index (χ2n) is 5.13. The molecule has 1 heterocycles. The molecule has 25 heavy (non-hydrogen) atoms. The number of carbonyl (C=O) groups excluding carboxylic acids is 1. The number of halogens is 4. The van der Waals surface area contributed by atoms with Gasteiger partial charge in [-0.25, -0.2) is 13.8 Å². The maximum atomic E-state index is 13.6. The van der Waals surface area contributed by atoms with Crippen LogP contribution in [0.25, 0.3) is 0 Å². The summed E-state index contributed by atoms with van der Waals surface area (Å²) in [6.45, 7) is 0. The minimum absolute atomic E-state index is 0.0861. The number of ketones is 1. The highest BCUT2D eigenvalue weighted by molar-refractivity contribution is 9.10. The van der Waals surface area contributed by atoms with Crippen molar-refractivity contribution in [2.24, 2.45) is 0 Å². The van der Waals surface area contributed by atoms with Crippen molar-refractivity contribution in [3.05, 3.63) is 87.0 Å². The van der Waals surface area contributed by atoms with Crippen LogP contribution >= 0.6 is 27.5 Å². The van der Waals surface area contributed by atoms with Gasteiger partial charge in [-0.05, 0) is 42.5 Å². The van der Waals surface area contributed by atoms with Gasteiger partial charge in [0.15, 0.2) is 5.78 Å². The lowest BCUT2D eigenvalue weighted by molar-refractivity contribution is 0.103. The number of pyridine rings is 1. The minimum Gasteiger partial charge on any atom is -0.338 e. The highest BCUT2D eigenvalue weighted by Gasteiger charge is 2.14. The van der Waals surface area contributed by atoms with Crippen molar-refractivity contribution in [2.75, 3.05) is 5.32 Å². The molecule has 126 valence electrons. The van der Waals surface area contributed by atoms with Crippen LogP contribution in [0.1, 0.15) is 15.9 Å². The van der Waals surface area contributed by atoms with Crippen LogP contribution in [0.5, 0.6) is 0 Å². The topological polar surface area (TPSA) is 42.0 Å². The van der Waals surface area contributed by atoms with Crippen molar-refractivity contribution in [1.29, 1.82) is 0 Å². The average molecular weight is 424 g/mol. The fourth-order valence-electron chi connectivity index (χ4n) is 2.16. The van der Waals surface area contributed by atoms with E-state index in [2.05, 4.69) is 26.2 Å². The molecule has 0 radical (unpaired) electrons. The van der Waals surface area contributed by atoms with Crippen molar-refractivity contribution in [3.8, 4) is 0 Å². The molecule has 0 bridgehead atoms. The van der Waals surface area contributed by atoms with Crippen LogP contribution in [0.4, 0.5) is 20.3 Å². The lowest BCUT2D eigenvalue weighted by atomic mass is 10.1. The Labute approximate surface area is 155 Å². The summed E-state index contributed by atoms with van der Waals surface area (Å²) in [4.78, 5) is 16.6. The minimum atomic E-state index is -0.733. The zero-order valence-corrected chi connectivity index (χ0v) is 14.9. The molecule has 0 amide bonds. The summed E-state index contributed by atoms with van der Waals surface area (Å²) in [5.74, 6) is -1.36. The van der Waals surface area contributed by atoms with Crippen LogP contribution in [0, 0.1) is 11.6 Å². The Morgan fingerprint density at radius 3 is 2.56 bits per heavy atom. The molecule has 3 aromatic rings. The molecular weight excluding hydrogens is 414 g/mol. The zero-order valence-electron chi connectivity index (χ0n) is 12.6. The van der Waals surface area contributed by atoms with Gasteiger partial charge in [0.05, 0.1) is 10.7 Å². The Bertz CT molecular complexity index is 948.